The molecule has 1 aromatic rings. The third-order valence-electron chi connectivity index (χ3n) is 3.93. The summed E-state index contributed by atoms with van der Waals surface area (Å²) in [6.07, 6.45) is 5.85. The van der Waals surface area contributed by atoms with Crippen molar-refractivity contribution < 1.29 is 9.59 Å². The molecular formula is C16H22BrN3O2. The Bertz CT molecular complexity index is 530. The number of rotatable bonds is 5. The first kappa shape index (κ1) is 16.8. The number of halogens is 1. The molecular weight excluding hydrogens is 346 g/mol. The van der Waals surface area contributed by atoms with E-state index in [0.29, 0.717) is 0 Å². The Labute approximate surface area is 139 Å². The van der Waals surface area contributed by atoms with Gasteiger partial charge in [-0.25, -0.2) is 4.79 Å². The Balaban J connectivity index is 1.99. The molecule has 1 unspecified atom stereocenters. The number of carbonyl (C=O) groups excluding carboxylic acids is 2. The molecule has 1 aliphatic carbocycles. The molecule has 5 nitrogen and oxygen atoms in total. The Morgan fingerprint density at radius 1 is 1.27 bits per heavy atom. The number of hydrogen-bond acceptors (Lipinski definition) is 2. The van der Waals surface area contributed by atoms with Crippen molar-refractivity contribution in [3.05, 3.63) is 34.3 Å². The van der Waals surface area contributed by atoms with Crippen LogP contribution in [0.2, 0.25) is 0 Å². The molecule has 1 aromatic carbocycles. The van der Waals surface area contributed by atoms with Gasteiger partial charge in [0.25, 0.3) is 0 Å². The van der Waals surface area contributed by atoms with Crippen LogP contribution in [0.1, 0.15) is 50.1 Å². The lowest BCUT2D eigenvalue weighted by molar-refractivity contribution is -0.122. The maximum absolute atomic E-state index is 12.2. The van der Waals surface area contributed by atoms with Crippen LogP contribution in [0.15, 0.2) is 28.7 Å². The van der Waals surface area contributed by atoms with Crippen LogP contribution >= 0.6 is 15.9 Å². The van der Waals surface area contributed by atoms with Gasteiger partial charge in [0.15, 0.2) is 0 Å². The summed E-state index contributed by atoms with van der Waals surface area (Å²) < 4.78 is 0.897. The zero-order valence-corrected chi connectivity index (χ0v) is 14.1. The normalized spacial score (nSPS) is 16.8. The first-order chi connectivity index (χ1) is 10.5. The van der Waals surface area contributed by atoms with Crippen molar-refractivity contribution in [2.45, 2.75) is 50.6 Å². The van der Waals surface area contributed by atoms with Crippen molar-refractivity contribution in [2.24, 2.45) is 5.73 Å². The largest absolute Gasteiger partial charge is 0.353 e. The molecule has 2 rings (SSSR count). The predicted octanol–water partition coefficient (Wildman–Crippen LogP) is 3.00. The summed E-state index contributed by atoms with van der Waals surface area (Å²) in [6, 6.07) is 6.74. The molecule has 1 aliphatic rings. The molecule has 1 saturated carbocycles. The summed E-state index contributed by atoms with van der Waals surface area (Å²) in [7, 11) is 0. The summed E-state index contributed by atoms with van der Waals surface area (Å²) in [4.78, 5) is 23.5. The van der Waals surface area contributed by atoms with Gasteiger partial charge in [0.05, 0.1) is 12.5 Å². The van der Waals surface area contributed by atoms with E-state index >= 15 is 0 Å². The van der Waals surface area contributed by atoms with E-state index in [2.05, 4.69) is 26.6 Å². The van der Waals surface area contributed by atoms with Gasteiger partial charge in [-0.05, 0) is 30.5 Å². The molecule has 1 fully saturated rings. The molecule has 0 spiro atoms. The fourth-order valence-electron chi connectivity index (χ4n) is 2.87. The van der Waals surface area contributed by atoms with Crippen LogP contribution in [0.25, 0.3) is 0 Å². The standard InChI is InChI=1S/C16H22BrN3O2/c17-12-6-4-5-11(9-12)14(20-16(18)22)10-15(21)19-13-7-2-1-3-8-13/h4-6,9,13-14H,1-3,7-8,10H2,(H,19,21)(H3,18,20,22). The molecule has 0 radical (unpaired) electrons. The van der Waals surface area contributed by atoms with Crippen LogP contribution in [0.5, 0.6) is 0 Å². The third-order valence-corrected chi connectivity index (χ3v) is 4.42. The van der Waals surface area contributed by atoms with Crippen LogP contribution in [0.4, 0.5) is 4.79 Å². The molecule has 0 heterocycles. The van der Waals surface area contributed by atoms with Crippen LogP contribution in [-0.2, 0) is 4.79 Å². The molecule has 0 saturated heterocycles. The van der Waals surface area contributed by atoms with Gasteiger partial charge in [0.1, 0.15) is 0 Å². The molecule has 0 aliphatic heterocycles. The van der Waals surface area contributed by atoms with Crippen LogP contribution in [0.3, 0.4) is 0 Å². The van der Waals surface area contributed by atoms with Crippen molar-refractivity contribution in [1.82, 2.24) is 10.6 Å². The Kier molecular flexibility index (Phi) is 6.24. The van der Waals surface area contributed by atoms with Gasteiger partial charge in [-0.1, -0.05) is 47.3 Å². The maximum atomic E-state index is 12.2. The van der Waals surface area contributed by atoms with Crippen molar-refractivity contribution in [3.8, 4) is 0 Å². The van der Waals surface area contributed by atoms with Gasteiger partial charge in [0.2, 0.25) is 5.91 Å². The van der Waals surface area contributed by atoms with Gasteiger partial charge >= 0.3 is 6.03 Å². The number of amides is 3. The van der Waals surface area contributed by atoms with E-state index < -0.39 is 12.1 Å². The highest BCUT2D eigenvalue weighted by Gasteiger charge is 2.21. The quantitative estimate of drug-likeness (QED) is 0.747. The molecule has 4 N–H and O–H groups in total. The minimum atomic E-state index is -0.629. The Morgan fingerprint density at radius 2 is 2.00 bits per heavy atom. The molecule has 3 amide bonds. The number of benzene rings is 1. The topological polar surface area (TPSA) is 84.2 Å². The fourth-order valence-corrected chi connectivity index (χ4v) is 3.28. The Morgan fingerprint density at radius 3 is 2.64 bits per heavy atom. The monoisotopic (exact) mass is 367 g/mol. The zero-order valence-electron chi connectivity index (χ0n) is 12.5. The van der Waals surface area contributed by atoms with Crippen LogP contribution in [-0.4, -0.2) is 18.0 Å². The summed E-state index contributed by atoms with van der Waals surface area (Å²) in [6.45, 7) is 0. The molecule has 120 valence electrons. The number of nitrogens with one attached hydrogen (secondary N) is 2. The minimum Gasteiger partial charge on any atom is -0.353 e. The summed E-state index contributed by atoms with van der Waals surface area (Å²) in [5.41, 5.74) is 6.09. The van der Waals surface area contributed by atoms with Crippen LogP contribution < -0.4 is 16.4 Å². The summed E-state index contributed by atoms with van der Waals surface area (Å²) >= 11 is 3.40. The zero-order chi connectivity index (χ0) is 15.9. The van der Waals surface area contributed by atoms with E-state index in [-0.39, 0.29) is 18.4 Å². The minimum absolute atomic E-state index is 0.0503. The van der Waals surface area contributed by atoms with Crippen molar-refractivity contribution in [2.75, 3.05) is 0 Å². The van der Waals surface area contributed by atoms with Gasteiger partial charge < -0.3 is 16.4 Å². The summed E-state index contributed by atoms with van der Waals surface area (Å²) in [5, 5.41) is 5.71. The number of primary amides is 1. The van der Waals surface area contributed by atoms with Gasteiger partial charge in [-0.3, -0.25) is 4.79 Å². The van der Waals surface area contributed by atoms with E-state index in [0.717, 1.165) is 22.9 Å². The predicted molar refractivity (Wildman–Crippen MR) is 89.2 cm³/mol. The average Bonchev–Trinajstić information content (AvgIpc) is 2.47. The van der Waals surface area contributed by atoms with Gasteiger partial charge in [-0.15, -0.1) is 0 Å². The number of hydrogen-bond donors (Lipinski definition) is 3. The van der Waals surface area contributed by atoms with Gasteiger partial charge in [0, 0.05) is 10.5 Å². The maximum Gasteiger partial charge on any atom is 0.312 e. The van der Waals surface area contributed by atoms with E-state index in [4.69, 9.17) is 5.73 Å². The number of nitrogens with two attached hydrogens (primary N) is 1. The van der Waals surface area contributed by atoms with E-state index in [1.807, 2.05) is 24.3 Å². The SMILES string of the molecule is NC(=O)NC(CC(=O)NC1CCCCC1)c1cccc(Br)c1. The van der Waals surface area contributed by atoms with E-state index in [9.17, 15) is 9.59 Å². The molecule has 1 atom stereocenters. The fraction of sp³-hybridized carbons (Fsp3) is 0.500. The third kappa shape index (κ3) is 5.33. The van der Waals surface area contributed by atoms with Crippen molar-refractivity contribution >= 4 is 27.9 Å². The number of carbonyl (C=O) groups is 2. The average molecular weight is 368 g/mol. The highest BCUT2D eigenvalue weighted by Crippen LogP contribution is 2.22. The molecule has 22 heavy (non-hydrogen) atoms. The highest BCUT2D eigenvalue weighted by atomic mass is 79.9. The molecule has 0 bridgehead atoms. The van der Waals surface area contributed by atoms with Crippen LogP contribution in [0, 0.1) is 0 Å². The van der Waals surface area contributed by atoms with Gasteiger partial charge in [-0.2, -0.15) is 0 Å². The Hall–Kier alpha value is -1.56. The van der Waals surface area contributed by atoms with Crippen molar-refractivity contribution in [1.29, 1.82) is 0 Å². The lowest BCUT2D eigenvalue weighted by Gasteiger charge is -2.24. The lowest BCUT2D eigenvalue weighted by Crippen LogP contribution is -2.40. The summed E-state index contributed by atoms with van der Waals surface area (Å²) in [5.74, 6) is -0.0503. The second kappa shape index (κ2) is 8.17. The van der Waals surface area contributed by atoms with Crippen molar-refractivity contribution in [3.63, 3.8) is 0 Å². The smallest absolute Gasteiger partial charge is 0.312 e. The molecule has 6 heteroatoms. The number of urea groups is 1. The first-order valence-electron chi connectivity index (χ1n) is 7.65. The molecule has 0 aromatic heterocycles. The van der Waals surface area contributed by atoms with E-state index in [1.165, 1.54) is 19.3 Å². The second-order valence-corrected chi connectivity index (χ2v) is 6.64. The van der Waals surface area contributed by atoms with E-state index in [1.54, 1.807) is 0 Å². The lowest BCUT2D eigenvalue weighted by atomic mass is 9.95. The first-order valence-corrected chi connectivity index (χ1v) is 8.44. The highest BCUT2D eigenvalue weighted by molar-refractivity contribution is 9.10. The second-order valence-electron chi connectivity index (χ2n) is 5.72.